The van der Waals surface area contributed by atoms with Crippen LogP contribution in [0.4, 0.5) is 21.5 Å². The minimum Gasteiger partial charge on any atom is -0.322 e. The molecule has 0 saturated heterocycles. The van der Waals surface area contributed by atoms with Gasteiger partial charge in [-0.15, -0.1) is 12.8 Å². The van der Waals surface area contributed by atoms with Crippen molar-refractivity contribution in [3.63, 3.8) is 0 Å². The van der Waals surface area contributed by atoms with Crippen LogP contribution in [0.3, 0.4) is 0 Å². The van der Waals surface area contributed by atoms with Crippen molar-refractivity contribution in [2.75, 3.05) is 44.4 Å². The number of carbonyl (C=O) groups is 2. The molecule has 0 bridgehead atoms. The Labute approximate surface area is 228 Å². The highest BCUT2D eigenvalue weighted by Gasteiger charge is 2.21. The van der Waals surface area contributed by atoms with E-state index in [0.717, 1.165) is 24.4 Å². The molecule has 7 nitrogen and oxygen atoms in total. The summed E-state index contributed by atoms with van der Waals surface area (Å²) >= 11 is 0. The van der Waals surface area contributed by atoms with Gasteiger partial charge >= 0.3 is 0 Å². The number of nitrogens with zero attached hydrogens (tertiary/aromatic N) is 4. The Kier molecular flexibility index (Phi) is 9.97. The van der Waals surface area contributed by atoms with E-state index in [4.69, 9.17) is 12.8 Å². The van der Waals surface area contributed by atoms with Gasteiger partial charge in [0.15, 0.2) is 0 Å². The number of hydrazone groups is 1. The first-order chi connectivity index (χ1) is 18.7. The van der Waals surface area contributed by atoms with E-state index in [1.54, 1.807) is 47.6 Å². The Bertz CT molecular complexity index is 1430. The van der Waals surface area contributed by atoms with Crippen molar-refractivity contribution in [3.8, 4) is 24.7 Å². The molecule has 0 heterocycles. The Morgan fingerprint density at radius 2 is 1.62 bits per heavy atom. The molecule has 3 aromatic rings. The maximum Gasteiger partial charge on any atom is 0.257 e. The molecule has 3 aromatic carbocycles. The summed E-state index contributed by atoms with van der Waals surface area (Å²) in [5.41, 5.74) is 2.36. The number of hydrogen-bond donors (Lipinski definition) is 1. The van der Waals surface area contributed by atoms with Crippen molar-refractivity contribution in [2.24, 2.45) is 5.10 Å². The quantitative estimate of drug-likeness (QED) is 0.173. The van der Waals surface area contributed by atoms with Crippen LogP contribution in [0.15, 0.2) is 65.8 Å². The molecule has 0 aliphatic rings. The highest BCUT2D eigenvalue weighted by molar-refractivity contribution is 6.10. The third-order valence-corrected chi connectivity index (χ3v) is 5.80. The minimum atomic E-state index is -0.654. The van der Waals surface area contributed by atoms with Crippen LogP contribution in [-0.2, 0) is 4.79 Å². The van der Waals surface area contributed by atoms with Crippen molar-refractivity contribution < 1.29 is 14.0 Å². The number of rotatable bonds is 11. The van der Waals surface area contributed by atoms with Gasteiger partial charge in [-0.2, -0.15) is 5.10 Å². The summed E-state index contributed by atoms with van der Waals surface area (Å²) in [4.78, 5) is 28.6. The van der Waals surface area contributed by atoms with Crippen LogP contribution in [-0.4, -0.2) is 62.7 Å². The smallest absolute Gasteiger partial charge is 0.257 e. The van der Waals surface area contributed by atoms with Crippen LogP contribution in [0.2, 0.25) is 0 Å². The zero-order valence-corrected chi connectivity index (χ0v) is 22.2. The largest absolute Gasteiger partial charge is 0.322 e. The second kappa shape index (κ2) is 13.6. The molecule has 8 heteroatoms. The number of halogens is 1. The van der Waals surface area contributed by atoms with E-state index in [-0.39, 0.29) is 16.9 Å². The SMILES string of the molecule is C#Cc1ccc(NC(=O)c2cc(C#C)ccc2N(C=O)c2ccc(C=NN(C)CCCN(C)C)cc2F)cc1. The molecule has 0 fully saturated rings. The molecule has 0 saturated carbocycles. The average Bonchev–Trinajstić information content (AvgIpc) is 2.93. The van der Waals surface area contributed by atoms with Crippen LogP contribution < -0.4 is 10.2 Å². The summed E-state index contributed by atoms with van der Waals surface area (Å²) in [7, 11) is 5.86. The lowest BCUT2D eigenvalue weighted by Crippen LogP contribution is -2.22. The van der Waals surface area contributed by atoms with Crippen molar-refractivity contribution in [3.05, 3.63) is 88.7 Å². The number of carbonyl (C=O) groups excluding carboxylic acids is 2. The van der Waals surface area contributed by atoms with Gasteiger partial charge in [-0.05, 0) is 87.2 Å². The second-order valence-corrected chi connectivity index (χ2v) is 9.02. The number of amides is 2. The fourth-order valence-corrected chi connectivity index (χ4v) is 3.75. The molecule has 198 valence electrons. The molecule has 0 aromatic heterocycles. The maximum atomic E-state index is 15.3. The van der Waals surface area contributed by atoms with Gasteiger partial charge in [0, 0.05) is 30.4 Å². The fourth-order valence-electron chi connectivity index (χ4n) is 3.75. The monoisotopic (exact) mass is 523 g/mol. The van der Waals surface area contributed by atoms with E-state index in [1.807, 2.05) is 21.1 Å². The predicted molar refractivity (Wildman–Crippen MR) is 155 cm³/mol. The summed E-state index contributed by atoms with van der Waals surface area (Å²) in [6.07, 6.45) is 13.9. The van der Waals surface area contributed by atoms with Gasteiger partial charge in [0.25, 0.3) is 5.91 Å². The topological polar surface area (TPSA) is 68.2 Å². The fraction of sp³-hybridized carbons (Fsp3) is 0.194. The zero-order valence-electron chi connectivity index (χ0n) is 22.2. The number of terminal acetylenes is 2. The Morgan fingerprint density at radius 3 is 2.23 bits per heavy atom. The van der Waals surface area contributed by atoms with Gasteiger partial charge in [0.2, 0.25) is 6.41 Å². The van der Waals surface area contributed by atoms with Gasteiger partial charge < -0.3 is 15.2 Å². The number of nitrogens with one attached hydrogen (secondary N) is 1. The number of hydrogen-bond acceptors (Lipinski definition) is 5. The Hall–Kier alpha value is -4.92. The van der Waals surface area contributed by atoms with Crippen molar-refractivity contribution in [2.45, 2.75) is 6.42 Å². The van der Waals surface area contributed by atoms with E-state index < -0.39 is 11.7 Å². The molecule has 39 heavy (non-hydrogen) atoms. The number of anilines is 3. The third kappa shape index (κ3) is 7.78. The molecular weight excluding hydrogens is 493 g/mol. The second-order valence-electron chi connectivity index (χ2n) is 9.02. The van der Waals surface area contributed by atoms with E-state index in [0.29, 0.717) is 28.8 Å². The van der Waals surface area contributed by atoms with Gasteiger partial charge in [0.1, 0.15) is 5.82 Å². The van der Waals surface area contributed by atoms with E-state index in [1.165, 1.54) is 24.3 Å². The van der Waals surface area contributed by atoms with Crippen LogP contribution in [0, 0.1) is 30.5 Å². The average molecular weight is 524 g/mol. The molecule has 0 aliphatic heterocycles. The van der Waals surface area contributed by atoms with E-state index in [2.05, 4.69) is 27.2 Å². The molecule has 0 aliphatic carbocycles. The molecule has 0 radical (unpaired) electrons. The molecule has 3 rings (SSSR count). The van der Waals surface area contributed by atoms with E-state index >= 15 is 4.39 Å². The normalized spacial score (nSPS) is 10.6. The van der Waals surface area contributed by atoms with E-state index in [9.17, 15) is 9.59 Å². The molecule has 2 amide bonds. The molecular formula is C31H30FN5O2. The highest BCUT2D eigenvalue weighted by Crippen LogP contribution is 2.31. The van der Waals surface area contributed by atoms with Crippen LogP contribution in [0.5, 0.6) is 0 Å². The highest BCUT2D eigenvalue weighted by atomic mass is 19.1. The van der Waals surface area contributed by atoms with Crippen molar-refractivity contribution >= 4 is 35.6 Å². The van der Waals surface area contributed by atoms with Crippen LogP contribution in [0.1, 0.15) is 33.5 Å². The van der Waals surface area contributed by atoms with Gasteiger partial charge in [-0.1, -0.05) is 17.9 Å². The minimum absolute atomic E-state index is 0.0256. The Morgan fingerprint density at radius 1 is 0.949 bits per heavy atom. The maximum absolute atomic E-state index is 15.3. The van der Waals surface area contributed by atoms with Gasteiger partial charge in [0.05, 0.1) is 23.2 Å². The summed E-state index contributed by atoms with van der Waals surface area (Å²) in [6, 6.07) is 15.7. The predicted octanol–water partition coefficient (Wildman–Crippen LogP) is 4.55. The summed E-state index contributed by atoms with van der Waals surface area (Å²) in [6.45, 7) is 1.69. The van der Waals surface area contributed by atoms with Crippen molar-refractivity contribution in [1.82, 2.24) is 9.91 Å². The Balaban J connectivity index is 1.87. The first-order valence-corrected chi connectivity index (χ1v) is 12.2. The van der Waals surface area contributed by atoms with Crippen molar-refractivity contribution in [1.29, 1.82) is 0 Å². The lowest BCUT2D eigenvalue weighted by molar-refractivity contribution is -0.106. The molecule has 0 atom stereocenters. The number of benzene rings is 3. The van der Waals surface area contributed by atoms with Gasteiger partial charge in [-0.25, -0.2) is 4.39 Å². The summed E-state index contributed by atoms with van der Waals surface area (Å²) in [5, 5.41) is 8.90. The third-order valence-electron chi connectivity index (χ3n) is 5.80. The summed E-state index contributed by atoms with van der Waals surface area (Å²) < 4.78 is 15.3. The zero-order chi connectivity index (χ0) is 28.4. The molecule has 0 unspecified atom stereocenters. The lowest BCUT2D eigenvalue weighted by Gasteiger charge is -2.22. The van der Waals surface area contributed by atoms with Gasteiger partial charge in [-0.3, -0.25) is 14.5 Å². The van der Waals surface area contributed by atoms with Crippen LogP contribution in [0.25, 0.3) is 0 Å². The summed E-state index contributed by atoms with van der Waals surface area (Å²) in [5.74, 6) is 3.81. The standard InChI is InChI=1S/C31H30FN5O2/c1-6-23-9-13-26(14-10-23)34-31(39)27-19-24(7-2)11-15-29(27)37(22-38)30-16-12-25(20-28(30)32)21-33-36(5)18-8-17-35(3)4/h1-2,9-16,19-22H,8,17-18H2,3-5H3,(H,34,39). The first-order valence-electron chi connectivity index (χ1n) is 12.2. The van der Waals surface area contributed by atoms with Crippen LogP contribution >= 0.6 is 0 Å². The lowest BCUT2D eigenvalue weighted by atomic mass is 10.1. The molecule has 1 N–H and O–H groups in total. The first kappa shape index (κ1) is 28.6. The molecule has 0 spiro atoms.